The van der Waals surface area contributed by atoms with E-state index in [-0.39, 0.29) is 28.4 Å². The molecule has 2 N–H and O–H groups in total. The minimum absolute atomic E-state index is 0.0280. The second-order valence-corrected chi connectivity index (χ2v) is 10.9. The summed E-state index contributed by atoms with van der Waals surface area (Å²) in [5.74, 6) is 1.71. The predicted octanol–water partition coefficient (Wildman–Crippen LogP) is 5.15. The Hall–Kier alpha value is -2.21. The van der Waals surface area contributed by atoms with Crippen molar-refractivity contribution in [3.63, 3.8) is 0 Å². The Morgan fingerprint density at radius 3 is 2.37 bits per heavy atom. The molecule has 0 aliphatic heterocycles. The Bertz CT molecular complexity index is 991. The highest BCUT2D eigenvalue weighted by atomic mass is 32.2. The standard InChI is InChI=1S/C24H30O5S/c1-30(27,28)20-11-9-19(10-12-20)29-24-17(8-7-16-5-3-2-4-6-16)13-21-22(24)14-18(25)15-23(21)26/h9-12,14-17,24-26H,2-8,13H2,1H3. The molecule has 162 valence electrons. The summed E-state index contributed by atoms with van der Waals surface area (Å²) < 4.78 is 29.8. The molecule has 0 spiro atoms. The number of ether oxygens (including phenoxy) is 1. The molecule has 6 heteroatoms. The van der Waals surface area contributed by atoms with E-state index >= 15 is 0 Å². The number of phenols is 2. The number of benzene rings is 2. The Morgan fingerprint density at radius 2 is 1.70 bits per heavy atom. The van der Waals surface area contributed by atoms with Gasteiger partial charge in [-0.15, -0.1) is 0 Å². The summed E-state index contributed by atoms with van der Waals surface area (Å²) in [6.45, 7) is 0. The average Bonchev–Trinajstić information content (AvgIpc) is 3.05. The van der Waals surface area contributed by atoms with E-state index in [9.17, 15) is 18.6 Å². The molecule has 1 saturated carbocycles. The molecular weight excluding hydrogens is 400 g/mol. The van der Waals surface area contributed by atoms with Crippen molar-refractivity contribution < 1.29 is 23.4 Å². The van der Waals surface area contributed by atoms with Crippen molar-refractivity contribution in [1.82, 2.24) is 0 Å². The normalized spacial score (nSPS) is 22.0. The maximum absolute atomic E-state index is 11.7. The van der Waals surface area contributed by atoms with Crippen molar-refractivity contribution >= 4 is 9.84 Å². The van der Waals surface area contributed by atoms with Gasteiger partial charge in [-0.3, -0.25) is 0 Å². The molecule has 2 aromatic carbocycles. The number of fused-ring (bicyclic) bond motifs is 1. The molecule has 0 saturated heterocycles. The topological polar surface area (TPSA) is 83.8 Å². The summed E-state index contributed by atoms with van der Waals surface area (Å²) in [6.07, 6.45) is 10.4. The van der Waals surface area contributed by atoms with Crippen LogP contribution in [0.15, 0.2) is 41.3 Å². The summed E-state index contributed by atoms with van der Waals surface area (Å²) >= 11 is 0. The smallest absolute Gasteiger partial charge is 0.175 e. The van der Waals surface area contributed by atoms with Gasteiger partial charge in [0.25, 0.3) is 0 Å². The van der Waals surface area contributed by atoms with E-state index in [0.717, 1.165) is 36.3 Å². The molecule has 0 bridgehead atoms. The summed E-state index contributed by atoms with van der Waals surface area (Å²) in [5.41, 5.74) is 1.67. The number of phenolic OH excluding ortho intramolecular Hbond substituents is 2. The van der Waals surface area contributed by atoms with Gasteiger partial charge in [0.15, 0.2) is 9.84 Å². The van der Waals surface area contributed by atoms with Crippen molar-refractivity contribution in [3.8, 4) is 17.2 Å². The van der Waals surface area contributed by atoms with E-state index in [1.54, 1.807) is 30.3 Å². The van der Waals surface area contributed by atoms with Gasteiger partial charge >= 0.3 is 0 Å². The molecule has 0 heterocycles. The zero-order valence-electron chi connectivity index (χ0n) is 17.4. The molecule has 2 atom stereocenters. The highest BCUT2D eigenvalue weighted by Gasteiger charge is 2.36. The SMILES string of the molecule is CS(=O)(=O)c1ccc(OC2c3cc(O)cc(O)c3CC2CCC2CCCCC2)cc1. The van der Waals surface area contributed by atoms with Crippen molar-refractivity contribution in [2.75, 3.05) is 6.26 Å². The van der Waals surface area contributed by atoms with Crippen molar-refractivity contribution in [3.05, 3.63) is 47.5 Å². The lowest BCUT2D eigenvalue weighted by molar-refractivity contribution is 0.135. The largest absolute Gasteiger partial charge is 0.508 e. The Balaban J connectivity index is 1.56. The van der Waals surface area contributed by atoms with E-state index in [4.69, 9.17) is 4.74 Å². The molecule has 2 aliphatic carbocycles. The second-order valence-electron chi connectivity index (χ2n) is 8.86. The van der Waals surface area contributed by atoms with Crippen LogP contribution in [-0.4, -0.2) is 24.9 Å². The van der Waals surface area contributed by atoms with Crippen LogP contribution in [-0.2, 0) is 16.3 Å². The van der Waals surface area contributed by atoms with Gasteiger partial charge in [0.05, 0.1) is 4.90 Å². The summed E-state index contributed by atoms with van der Waals surface area (Å²) in [4.78, 5) is 0.255. The lowest BCUT2D eigenvalue weighted by Gasteiger charge is -2.26. The van der Waals surface area contributed by atoms with Crippen LogP contribution in [0.2, 0.25) is 0 Å². The van der Waals surface area contributed by atoms with E-state index < -0.39 is 9.84 Å². The zero-order valence-corrected chi connectivity index (χ0v) is 18.2. The van der Waals surface area contributed by atoms with E-state index in [1.807, 2.05) is 0 Å². The predicted molar refractivity (Wildman–Crippen MR) is 116 cm³/mol. The van der Waals surface area contributed by atoms with Crippen LogP contribution in [0, 0.1) is 11.8 Å². The highest BCUT2D eigenvalue weighted by molar-refractivity contribution is 7.90. The van der Waals surface area contributed by atoms with Crippen LogP contribution in [0.4, 0.5) is 0 Å². The number of sulfone groups is 1. The molecule has 0 aromatic heterocycles. The molecule has 2 aliphatic rings. The number of hydrogen-bond acceptors (Lipinski definition) is 5. The van der Waals surface area contributed by atoms with Crippen LogP contribution < -0.4 is 4.74 Å². The molecule has 2 aromatic rings. The first-order valence-corrected chi connectivity index (χ1v) is 12.7. The van der Waals surface area contributed by atoms with Crippen molar-refractivity contribution in [2.24, 2.45) is 11.8 Å². The number of rotatable bonds is 6. The van der Waals surface area contributed by atoms with Crippen LogP contribution in [0.1, 0.15) is 62.2 Å². The number of hydrogen-bond donors (Lipinski definition) is 2. The van der Waals surface area contributed by atoms with Crippen molar-refractivity contribution in [1.29, 1.82) is 0 Å². The first-order valence-electron chi connectivity index (χ1n) is 10.8. The van der Waals surface area contributed by atoms with Crippen LogP contribution >= 0.6 is 0 Å². The summed E-state index contributed by atoms with van der Waals surface area (Å²) in [7, 11) is -3.26. The monoisotopic (exact) mass is 430 g/mol. The Kier molecular flexibility index (Phi) is 5.96. The molecular formula is C24H30O5S. The van der Waals surface area contributed by atoms with Crippen LogP contribution in [0.5, 0.6) is 17.2 Å². The Morgan fingerprint density at radius 1 is 1.00 bits per heavy atom. The fraction of sp³-hybridized carbons (Fsp3) is 0.500. The average molecular weight is 431 g/mol. The van der Waals surface area contributed by atoms with Crippen LogP contribution in [0.25, 0.3) is 0 Å². The second kappa shape index (κ2) is 8.50. The fourth-order valence-corrected chi connectivity index (χ4v) is 5.64. The molecule has 0 amide bonds. The van der Waals surface area contributed by atoms with Gasteiger partial charge in [-0.05, 0) is 49.1 Å². The van der Waals surface area contributed by atoms with Crippen molar-refractivity contribution in [2.45, 2.75) is 62.4 Å². The Labute approximate surface area is 178 Å². The van der Waals surface area contributed by atoms with E-state index in [2.05, 4.69) is 0 Å². The van der Waals surface area contributed by atoms with Crippen LogP contribution in [0.3, 0.4) is 0 Å². The van der Waals surface area contributed by atoms with Gasteiger partial charge in [-0.1, -0.05) is 38.5 Å². The van der Waals surface area contributed by atoms with Gasteiger partial charge in [0, 0.05) is 29.4 Å². The first kappa shape index (κ1) is 21.0. The van der Waals surface area contributed by atoms with Gasteiger partial charge in [-0.2, -0.15) is 0 Å². The van der Waals surface area contributed by atoms with E-state index in [1.165, 1.54) is 44.4 Å². The quantitative estimate of drug-likeness (QED) is 0.662. The first-order chi connectivity index (χ1) is 14.3. The van der Waals surface area contributed by atoms with Gasteiger partial charge < -0.3 is 14.9 Å². The van der Waals surface area contributed by atoms with E-state index in [0.29, 0.717) is 5.75 Å². The molecule has 1 fully saturated rings. The van der Waals surface area contributed by atoms with Gasteiger partial charge in [0.2, 0.25) is 0 Å². The third kappa shape index (κ3) is 4.59. The lowest BCUT2D eigenvalue weighted by Crippen LogP contribution is -2.17. The lowest BCUT2D eigenvalue weighted by atomic mass is 9.83. The fourth-order valence-electron chi connectivity index (χ4n) is 5.01. The maximum atomic E-state index is 11.7. The van der Waals surface area contributed by atoms with Gasteiger partial charge in [-0.25, -0.2) is 8.42 Å². The maximum Gasteiger partial charge on any atom is 0.175 e. The molecule has 4 rings (SSSR count). The minimum atomic E-state index is -3.26. The third-order valence-electron chi connectivity index (χ3n) is 6.63. The molecule has 30 heavy (non-hydrogen) atoms. The van der Waals surface area contributed by atoms with Gasteiger partial charge in [0.1, 0.15) is 23.4 Å². The summed E-state index contributed by atoms with van der Waals surface area (Å²) in [6, 6.07) is 9.53. The minimum Gasteiger partial charge on any atom is -0.508 e. The zero-order chi connectivity index (χ0) is 21.3. The molecule has 0 radical (unpaired) electrons. The highest BCUT2D eigenvalue weighted by Crippen LogP contribution is 2.47. The third-order valence-corrected chi connectivity index (χ3v) is 7.76. The summed E-state index contributed by atoms with van der Waals surface area (Å²) in [5, 5.41) is 20.4. The molecule has 5 nitrogen and oxygen atoms in total. The molecule has 2 unspecified atom stereocenters. The number of aromatic hydroxyl groups is 2.